The van der Waals surface area contributed by atoms with Crippen molar-refractivity contribution < 1.29 is 19.1 Å². The highest BCUT2D eigenvalue weighted by Gasteiger charge is 2.26. The SMILES string of the molecule is Cc1ccc2oc(C(=O)N3CCCC(CCC(=O)O)C3)cc2n1. The number of carbonyl (C=O) groups excluding carboxylic acids is 1. The molecule has 23 heavy (non-hydrogen) atoms. The number of hydrogen-bond acceptors (Lipinski definition) is 4. The minimum Gasteiger partial charge on any atom is -0.481 e. The second-order valence-corrected chi connectivity index (χ2v) is 6.14. The predicted octanol–water partition coefficient (Wildman–Crippen LogP) is 2.85. The summed E-state index contributed by atoms with van der Waals surface area (Å²) < 4.78 is 5.62. The summed E-state index contributed by atoms with van der Waals surface area (Å²) in [6.45, 7) is 3.17. The molecule has 1 unspecified atom stereocenters. The lowest BCUT2D eigenvalue weighted by Gasteiger charge is -2.32. The van der Waals surface area contributed by atoms with Crippen molar-refractivity contribution in [1.29, 1.82) is 0 Å². The van der Waals surface area contributed by atoms with Crippen LogP contribution in [0.3, 0.4) is 0 Å². The molecule has 1 aliphatic rings. The van der Waals surface area contributed by atoms with Crippen LogP contribution in [-0.4, -0.2) is 40.0 Å². The molecule has 1 atom stereocenters. The lowest BCUT2D eigenvalue weighted by atomic mass is 9.93. The highest BCUT2D eigenvalue weighted by Crippen LogP contribution is 2.24. The number of piperidine rings is 1. The topological polar surface area (TPSA) is 83.6 Å². The molecule has 3 heterocycles. The average molecular weight is 316 g/mol. The van der Waals surface area contributed by atoms with Gasteiger partial charge in [-0.3, -0.25) is 9.59 Å². The van der Waals surface area contributed by atoms with Gasteiger partial charge in [0.25, 0.3) is 5.91 Å². The molecular formula is C17H20N2O4. The number of likely N-dealkylation sites (tertiary alicyclic amines) is 1. The van der Waals surface area contributed by atoms with E-state index in [0.29, 0.717) is 36.4 Å². The van der Waals surface area contributed by atoms with Crippen molar-refractivity contribution >= 4 is 23.0 Å². The Balaban J connectivity index is 1.71. The Morgan fingerprint density at radius 2 is 2.26 bits per heavy atom. The van der Waals surface area contributed by atoms with E-state index in [-0.39, 0.29) is 18.2 Å². The zero-order chi connectivity index (χ0) is 16.4. The first-order valence-corrected chi connectivity index (χ1v) is 7.91. The molecule has 6 heteroatoms. The molecule has 3 rings (SSSR count). The molecule has 1 saturated heterocycles. The third-order valence-corrected chi connectivity index (χ3v) is 4.30. The van der Waals surface area contributed by atoms with Crippen molar-refractivity contribution in [2.45, 2.75) is 32.6 Å². The van der Waals surface area contributed by atoms with Gasteiger partial charge in [-0.05, 0) is 44.2 Å². The second-order valence-electron chi connectivity index (χ2n) is 6.14. The van der Waals surface area contributed by atoms with Crippen molar-refractivity contribution in [1.82, 2.24) is 9.88 Å². The molecule has 0 saturated carbocycles. The van der Waals surface area contributed by atoms with E-state index in [9.17, 15) is 9.59 Å². The number of aryl methyl sites for hydroxylation is 1. The summed E-state index contributed by atoms with van der Waals surface area (Å²) in [4.78, 5) is 29.5. The van der Waals surface area contributed by atoms with Crippen LogP contribution in [0.4, 0.5) is 0 Å². The molecule has 0 radical (unpaired) electrons. The molecule has 0 aliphatic carbocycles. The number of rotatable bonds is 4. The van der Waals surface area contributed by atoms with Gasteiger partial charge in [-0.2, -0.15) is 0 Å². The van der Waals surface area contributed by atoms with Crippen LogP contribution < -0.4 is 0 Å². The number of aromatic nitrogens is 1. The molecular weight excluding hydrogens is 296 g/mol. The Labute approximate surface area is 134 Å². The molecule has 1 aliphatic heterocycles. The summed E-state index contributed by atoms with van der Waals surface area (Å²) in [5, 5.41) is 8.80. The number of pyridine rings is 1. The van der Waals surface area contributed by atoms with Crippen molar-refractivity contribution in [2.24, 2.45) is 5.92 Å². The number of furan rings is 1. The molecule has 0 spiro atoms. The molecule has 6 nitrogen and oxygen atoms in total. The van der Waals surface area contributed by atoms with Crippen LogP contribution in [0.5, 0.6) is 0 Å². The number of aliphatic carboxylic acids is 1. The summed E-state index contributed by atoms with van der Waals surface area (Å²) in [5.41, 5.74) is 2.18. The Hall–Kier alpha value is -2.37. The quantitative estimate of drug-likeness (QED) is 0.937. The van der Waals surface area contributed by atoms with Gasteiger partial charge in [-0.25, -0.2) is 4.98 Å². The van der Waals surface area contributed by atoms with Gasteiger partial charge in [0.05, 0.1) is 0 Å². The van der Waals surface area contributed by atoms with Crippen molar-refractivity contribution in [3.05, 3.63) is 29.7 Å². The second kappa shape index (κ2) is 6.40. The molecule has 2 aromatic rings. The van der Waals surface area contributed by atoms with Gasteiger partial charge in [0.2, 0.25) is 0 Å². The van der Waals surface area contributed by atoms with E-state index in [1.54, 1.807) is 11.0 Å². The number of hydrogen-bond donors (Lipinski definition) is 1. The minimum absolute atomic E-state index is 0.138. The highest BCUT2D eigenvalue weighted by molar-refractivity contribution is 5.95. The van der Waals surface area contributed by atoms with Crippen LogP contribution >= 0.6 is 0 Å². The van der Waals surface area contributed by atoms with Gasteiger partial charge >= 0.3 is 5.97 Å². The zero-order valence-electron chi connectivity index (χ0n) is 13.1. The van der Waals surface area contributed by atoms with Crippen molar-refractivity contribution in [3.8, 4) is 0 Å². The first-order chi connectivity index (χ1) is 11.0. The number of nitrogens with zero attached hydrogens (tertiary/aromatic N) is 2. The van der Waals surface area contributed by atoms with Crippen LogP contribution in [-0.2, 0) is 4.79 Å². The maximum atomic E-state index is 12.6. The summed E-state index contributed by atoms with van der Waals surface area (Å²) in [5.74, 6) is -0.376. The Bertz CT molecular complexity index is 737. The fourth-order valence-electron chi connectivity index (χ4n) is 3.10. The molecule has 122 valence electrons. The van der Waals surface area contributed by atoms with Gasteiger partial charge in [-0.1, -0.05) is 0 Å². The van der Waals surface area contributed by atoms with Gasteiger partial charge in [0, 0.05) is 31.3 Å². The number of fused-ring (bicyclic) bond motifs is 1. The van der Waals surface area contributed by atoms with Crippen LogP contribution in [0.25, 0.3) is 11.1 Å². The number of amides is 1. The summed E-state index contributed by atoms with van der Waals surface area (Å²) in [6.07, 6.45) is 2.63. The predicted molar refractivity (Wildman–Crippen MR) is 84.2 cm³/mol. The first kappa shape index (κ1) is 15.5. The monoisotopic (exact) mass is 316 g/mol. The normalized spacial score (nSPS) is 18.3. The Morgan fingerprint density at radius 1 is 1.43 bits per heavy atom. The average Bonchev–Trinajstić information content (AvgIpc) is 2.95. The fraction of sp³-hybridized carbons (Fsp3) is 0.471. The molecule has 0 aromatic carbocycles. The van der Waals surface area contributed by atoms with Crippen molar-refractivity contribution in [3.63, 3.8) is 0 Å². The number of carboxylic acid groups (broad SMARTS) is 1. The summed E-state index contributed by atoms with van der Waals surface area (Å²) in [7, 11) is 0. The van der Waals surface area contributed by atoms with E-state index >= 15 is 0 Å². The van der Waals surface area contributed by atoms with E-state index in [0.717, 1.165) is 18.5 Å². The highest BCUT2D eigenvalue weighted by atomic mass is 16.4. The minimum atomic E-state index is -0.785. The molecule has 1 fully saturated rings. The summed E-state index contributed by atoms with van der Waals surface area (Å²) >= 11 is 0. The lowest BCUT2D eigenvalue weighted by molar-refractivity contribution is -0.137. The van der Waals surface area contributed by atoms with Gasteiger partial charge < -0.3 is 14.4 Å². The van der Waals surface area contributed by atoms with Crippen LogP contribution in [0, 0.1) is 12.8 Å². The lowest BCUT2D eigenvalue weighted by Crippen LogP contribution is -2.39. The Morgan fingerprint density at radius 3 is 3.04 bits per heavy atom. The van der Waals surface area contributed by atoms with E-state index in [1.807, 2.05) is 19.1 Å². The maximum absolute atomic E-state index is 12.6. The molecule has 0 bridgehead atoms. The number of carboxylic acids is 1. The van der Waals surface area contributed by atoms with E-state index in [4.69, 9.17) is 9.52 Å². The fourth-order valence-corrected chi connectivity index (χ4v) is 3.10. The molecule has 2 aromatic heterocycles. The smallest absolute Gasteiger partial charge is 0.303 e. The van der Waals surface area contributed by atoms with E-state index in [2.05, 4.69) is 4.98 Å². The van der Waals surface area contributed by atoms with E-state index < -0.39 is 5.97 Å². The Kier molecular flexibility index (Phi) is 4.32. The van der Waals surface area contributed by atoms with Crippen molar-refractivity contribution in [2.75, 3.05) is 13.1 Å². The summed E-state index contributed by atoms with van der Waals surface area (Å²) in [6, 6.07) is 5.36. The largest absolute Gasteiger partial charge is 0.481 e. The van der Waals surface area contributed by atoms with E-state index in [1.165, 1.54) is 0 Å². The van der Waals surface area contributed by atoms with Crippen LogP contribution in [0.2, 0.25) is 0 Å². The third kappa shape index (κ3) is 3.52. The number of carbonyl (C=O) groups is 2. The van der Waals surface area contributed by atoms with Gasteiger partial charge in [-0.15, -0.1) is 0 Å². The first-order valence-electron chi connectivity index (χ1n) is 7.91. The third-order valence-electron chi connectivity index (χ3n) is 4.30. The standard InChI is InChI=1S/C17H20N2O4/c1-11-4-6-14-13(18-11)9-15(23-14)17(22)19-8-2-3-12(10-19)5-7-16(20)21/h4,6,9,12H,2-3,5,7-8,10H2,1H3,(H,20,21). The zero-order valence-corrected chi connectivity index (χ0v) is 13.1. The molecule has 1 amide bonds. The van der Waals surface area contributed by atoms with Crippen LogP contribution in [0.15, 0.2) is 22.6 Å². The maximum Gasteiger partial charge on any atom is 0.303 e. The van der Waals surface area contributed by atoms with Gasteiger partial charge in [0.1, 0.15) is 5.52 Å². The van der Waals surface area contributed by atoms with Crippen LogP contribution in [0.1, 0.15) is 41.9 Å². The van der Waals surface area contributed by atoms with Gasteiger partial charge in [0.15, 0.2) is 11.3 Å². The molecule has 1 N–H and O–H groups in total.